The first-order valence-corrected chi connectivity index (χ1v) is 10.7. The van der Waals surface area contributed by atoms with E-state index in [9.17, 15) is 4.79 Å². The summed E-state index contributed by atoms with van der Waals surface area (Å²) in [4.78, 5) is 25.6. The first kappa shape index (κ1) is 24.2. The molecule has 2 aromatic carbocycles. The second-order valence-corrected chi connectivity index (χ2v) is 8.53. The molecule has 1 aliphatic carbocycles. The molecule has 8 heteroatoms. The number of hydrogen-bond acceptors (Lipinski definition) is 5. The van der Waals surface area contributed by atoms with Crippen molar-refractivity contribution in [2.24, 2.45) is 16.5 Å². The number of benzene rings is 2. The van der Waals surface area contributed by atoms with Gasteiger partial charge in [-0.1, -0.05) is 66.2 Å². The predicted molar refractivity (Wildman–Crippen MR) is 129 cm³/mol. The minimum atomic E-state index is -0.782. The van der Waals surface area contributed by atoms with E-state index < -0.39 is 16.9 Å². The summed E-state index contributed by atoms with van der Waals surface area (Å²) in [6.07, 6.45) is 4.49. The zero-order chi connectivity index (χ0) is 24.1. The Labute approximate surface area is 197 Å². The van der Waals surface area contributed by atoms with Crippen molar-refractivity contribution >= 4 is 35.4 Å². The molecule has 172 valence electrons. The average Bonchev–Trinajstić information content (AvgIpc) is 2.79. The molecule has 2 aliphatic rings. The van der Waals surface area contributed by atoms with Gasteiger partial charge in [-0.3, -0.25) is 14.6 Å². The van der Waals surface area contributed by atoms with E-state index in [-0.39, 0.29) is 13.1 Å². The number of ether oxygens (including phenoxy) is 1. The maximum atomic E-state index is 12.4. The maximum absolute atomic E-state index is 12.4. The lowest BCUT2D eigenvalue weighted by atomic mass is 9.60. The van der Waals surface area contributed by atoms with E-state index in [1.807, 2.05) is 61.5 Å². The van der Waals surface area contributed by atoms with Crippen LogP contribution in [0.4, 0.5) is 0 Å². The number of carbonyl (C=O) groups excluding carboxylic acids is 1. The maximum Gasteiger partial charge on any atom is 0.290 e. The smallest absolute Gasteiger partial charge is 0.290 e. The van der Waals surface area contributed by atoms with Gasteiger partial charge in [0.1, 0.15) is 12.4 Å². The van der Waals surface area contributed by atoms with Gasteiger partial charge < -0.3 is 21.3 Å². The Balaban J connectivity index is 0.000000968. The van der Waals surface area contributed by atoms with Crippen LogP contribution in [0.5, 0.6) is 0 Å². The van der Waals surface area contributed by atoms with Gasteiger partial charge in [-0.05, 0) is 42.2 Å². The minimum Gasteiger partial charge on any atom is -0.483 e. The number of amides is 1. The van der Waals surface area contributed by atoms with Crippen molar-refractivity contribution < 1.29 is 19.4 Å². The molecule has 0 fully saturated rings. The van der Waals surface area contributed by atoms with E-state index in [1.165, 1.54) is 0 Å². The fourth-order valence-corrected chi connectivity index (χ4v) is 4.86. The van der Waals surface area contributed by atoms with Gasteiger partial charge in [-0.2, -0.15) is 0 Å². The highest BCUT2D eigenvalue weighted by atomic mass is 35.5. The van der Waals surface area contributed by atoms with Gasteiger partial charge in [0, 0.05) is 16.0 Å². The van der Waals surface area contributed by atoms with E-state index in [0.717, 1.165) is 16.7 Å². The summed E-state index contributed by atoms with van der Waals surface area (Å²) < 4.78 is 5.81. The topological polar surface area (TPSA) is 128 Å². The molecule has 0 saturated heterocycles. The van der Waals surface area contributed by atoms with Gasteiger partial charge in [0.2, 0.25) is 5.91 Å². The Kier molecular flexibility index (Phi) is 7.36. The number of amidine groups is 1. The van der Waals surface area contributed by atoms with Crippen LogP contribution >= 0.6 is 11.6 Å². The number of halogens is 1. The van der Waals surface area contributed by atoms with E-state index in [0.29, 0.717) is 29.5 Å². The fraction of sp³-hybridized carbons (Fsp3) is 0.240. The molecule has 0 bridgehead atoms. The van der Waals surface area contributed by atoms with Gasteiger partial charge >= 0.3 is 0 Å². The molecule has 0 aromatic heterocycles. The molecule has 2 atom stereocenters. The molecule has 7 nitrogen and oxygen atoms in total. The Hall–Kier alpha value is -3.42. The average molecular weight is 468 g/mol. The third-order valence-corrected chi connectivity index (χ3v) is 6.19. The van der Waals surface area contributed by atoms with Crippen LogP contribution < -0.4 is 11.5 Å². The standard InChI is InChI=1S/C24H24ClN3O2.CH2O2/c1-23(15-30-14-21(26)28-23)24(20-10-6-5-9-19(20)22(27)29)12-17(11-18(25)13-24)16-7-3-2-4-8-16;2-1-3/h2-11,13H,12,14-15H2,1H3,(H2,26,28)(H2,27,29);1H,(H,2,3). The monoisotopic (exact) mass is 467 g/mol. The molecule has 1 aliphatic heterocycles. The molecule has 1 amide bonds. The number of rotatable bonds is 4. The molecule has 1 heterocycles. The Morgan fingerprint density at radius 1 is 1.18 bits per heavy atom. The van der Waals surface area contributed by atoms with Crippen LogP contribution in [0.1, 0.15) is 34.8 Å². The number of aliphatic imine (C=N–C) groups is 1. The van der Waals surface area contributed by atoms with Gasteiger partial charge in [0.15, 0.2) is 0 Å². The van der Waals surface area contributed by atoms with Crippen molar-refractivity contribution in [3.05, 3.63) is 88.5 Å². The lowest BCUT2D eigenvalue weighted by Crippen LogP contribution is -2.55. The summed E-state index contributed by atoms with van der Waals surface area (Å²) in [6.45, 7) is 2.36. The third kappa shape index (κ3) is 4.84. The van der Waals surface area contributed by atoms with Crippen molar-refractivity contribution in [3.63, 3.8) is 0 Å². The number of carbonyl (C=O) groups is 2. The van der Waals surface area contributed by atoms with Crippen molar-refractivity contribution in [3.8, 4) is 0 Å². The molecular formula is C25H26ClN3O4. The quantitative estimate of drug-likeness (QED) is 0.593. The SMILES string of the molecule is CC1(C2(c3ccccc3C(N)=O)C=C(Cl)C=C(c3ccccc3)C2)COCC(N)=N1.O=CO. The van der Waals surface area contributed by atoms with Crippen LogP contribution in [-0.4, -0.2) is 42.1 Å². The number of nitrogens with zero attached hydrogens (tertiary/aromatic N) is 1. The zero-order valence-corrected chi connectivity index (χ0v) is 19.0. The van der Waals surface area contributed by atoms with Crippen molar-refractivity contribution in [2.75, 3.05) is 13.2 Å². The summed E-state index contributed by atoms with van der Waals surface area (Å²) in [5.41, 5.74) is 13.6. The van der Waals surface area contributed by atoms with Crippen LogP contribution in [0.15, 0.2) is 76.8 Å². The molecular weight excluding hydrogens is 442 g/mol. The first-order chi connectivity index (χ1) is 15.8. The summed E-state index contributed by atoms with van der Waals surface area (Å²) in [6, 6.07) is 17.4. The van der Waals surface area contributed by atoms with Crippen LogP contribution in [0, 0.1) is 0 Å². The first-order valence-electron chi connectivity index (χ1n) is 10.3. The van der Waals surface area contributed by atoms with Crippen molar-refractivity contribution in [1.29, 1.82) is 0 Å². The van der Waals surface area contributed by atoms with Crippen LogP contribution in [-0.2, 0) is 14.9 Å². The predicted octanol–water partition coefficient (Wildman–Crippen LogP) is 3.48. The molecule has 5 N–H and O–H groups in total. The number of primary amides is 1. The van der Waals surface area contributed by atoms with Crippen LogP contribution in [0.3, 0.4) is 0 Å². The Bertz CT molecular complexity index is 1130. The molecule has 4 rings (SSSR count). The van der Waals surface area contributed by atoms with Crippen LogP contribution in [0.2, 0.25) is 0 Å². The largest absolute Gasteiger partial charge is 0.483 e. The van der Waals surface area contributed by atoms with E-state index >= 15 is 0 Å². The Morgan fingerprint density at radius 3 is 2.45 bits per heavy atom. The fourth-order valence-electron chi connectivity index (χ4n) is 4.54. The minimum absolute atomic E-state index is 0.250. The van der Waals surface area contributed by atoms with Gasteiger partial charge in [-0.15, -0.1) is 0 Å². The lowest BCUT2D eigenvalue weighted by molar-refractivity contribution is -0.122. The lowest BCUT2D eigenvalue weighted by Gasteiger charge is -2.48. The molecule has 0 spiro atoms. The summed E-state index contributed by atoms with van der Waals surface area (Å²) in [5.74, 6) is -0.0809. The molecule has 2 aromatic rings. The zero-order valence-electron chi connectivity index (χ0n) is 18.2. The highest BCUT2D eigenvalue weighted by Gasteiger charge is 2.52. The highest BCUT2D eigenvalue weighted by molar-refractivity contribution is 6.32. The number of hydrogen-bond donors (Lipinski definition) is 3. The highest BCUT2D eigenvalue weighted by Crippen LogP contribution is 2.51. The van der Waals surface area contributed by atoms with Gasteiger partial charge in [0.05, 0.1) is 12.1 Å². The summed E-state index contributed by atoms with van der Waals surface area (Å²) >= 11 is 6.69. The second-order valence-electron chi connectivity index (χ2n) is 8.10. The van der Waals surface area contributed by atoms with Crippen LogP contribution in [0.25, 0.3) is 5.57 Å². The molecule has 0 radical (unpaired) electrons. The molecule has 0 saturated carbocycles. The van der Waals surface area contributed by atoms with E-state index in [1.54, 1.807) is 12.1 Å². The third-order valence-electron chi connectivity index (χ3n) is 5.97. The van der Waals surface area contributed by atoms with Crippen molar-refractivity contribution in [2.45, 2.75) is 24.3 Å². The Morgan fingerprint density at radius 2 is 1.82 bits per heavy atom. The number of nitrogens with two attached hydrogens (primary N) is 2. The number of allylic oxidation sites excluding steroid dienone is 3. The van der Waals surface area contributed by atoms with Gasteiger partial charge in [-0.25, -0.2) is 0 Å². The second kappa shape index (κ2) is 10.0. The number of carboxylic acid groups (broad SMARTS) is 1. The van der Waals surface area contributed by atoms with Gasteiger partial charge in [0.25, 0.3) is 6.47 Å². The summed E-state index contributed by atoms with van der Waals surface area (Å²) in [7, 11) is 0. The van der Waals surface area contributed by atoms with E-state index in [4.69, 9.17) is 42.7 Å². The summed E-state index contributed by atoms with van der Waals surface area (Å²) in [5, 5.41) is 7.46. The molecule has 33 heavy (non-hydrogen) atoms. The van der Waals surface area contributed by atoms with E-state index in [2.05, 4.69) is 0 Å². The molecule has 2 unspecified atom stereocenters. The van der Waals surface area contributed by atoms with Crippen molar-refractivity contribution in [1.82, 2.24) is 0 Å². The normalized spacial score (nSPS) is 24.4.